The minimum Gasteiger partial charge on any atom is -0.508 e. The van der Waals surface area contributed by atoms with Crippen molar-refractivity contribution in [2.75, 3.05) is 0 Å². The van der Waals surface area contributed by atoms with E-state index in [1.54, 1.807) is 24.3 Å². The quantitative estimate of drug-likeness (QED) is 0.161. The SMILES string of the molecule is Oc1ccc(C2(c3ccc(OC4CCC(Oc5ccc(C6(c7ccc(O)cc7)c7ccccc7-c7ccccc76)cc5)CC4)cc3)c3ccccc3-c3ccccc32)cc1. The van der Waals surface area contributed by atoms with E-state index in [0.717, 1.165) is 59.4 Å². The van der Waals surface area contributed by atoms with Gasteiger partial charge in [-0.2, -0.15) is 0 Å². The molecule has 0 bridgehead atoms. The Balaban J connectivity index is 0.811. The molecule has 0 aromatic heterocycles. The molecule has 1 fully saturated rings. The van der Waals surface area contributed by atoms with Gasteiger partial charge in [0.25, 0.3) is 0 Å². The molecule has 1 saturated carbocycles. The number of phenols is 2. The summed E-state index contributed by atoms with van der Waals surface area (Å²) in [5, 5.41) is 20.5. The molecule has 0 spiro atoms. The third kappa shape index (κ3) is 5.58. The second kappa shape index (κ2) is 14.4. The van der Waals surface area contributed by atoms with Gasteiger partial charge in [-0.3, -0.25) is 0 Å². The fourth-order valence-corrected chi connectivity index (χ4v) is 10.7. The Labute approximate surface area is 351 Å². The van der Waals surface area contributed by atoms with Crippen LogP contribution in [0, 0.1) is 0 Å². The molecule has 8 aromatic rings. The predicted octanol–water partition coefficient (Wildman–Crippen LogP) is 12.6. The van der Waals surface area contributed by atoms with Gasteiger partial charge in [0, 0.05) is 0 Å². The van der Waals surface area contributed by atoms with Crippen molar-refractivity contribution in [2.45, 2.75) is 48.7 Å². The van der Waals surface area contributed by atoms with Gasteiger partial charge in [-0.15, -0.1) is 0 Å². The summed E-state index contributed by atoms with van der Waals surface area (Å²) in [5.41, 5.74) is 13.4. The van der Waals surface area contributed by atoms with Gasteiger partial charge in [-0.05, 0) is 141 Å². The number of rotatable bonds is 8. The van der Waals surface area contributed by atoms with Crippen molar-refractivity contribution >= 4 is 0 Å². The Bertz CT molecular complexity index is 2540. The van der Waals surface area contributed by atoms with Gasteiger partial charge in [0.1, 0.15) is 23.0 Å². The van der Waals surface area contributed by atoms with E-state index in [0.29, 0.717) is 0 Å². The van der Waals surface area contributed by atoms with Gasteiger partial charge in [0.05, 0.1) is 23.0 Å². The summed E-state index contributed by atoms with van der Waals surface area (Å²) in [6.07, 6.45) is 3.90. The molecule has 0 heterocycles. The maximum Gasteiger partial charge on any atom is 0.119 e. The molecule has 292 valence electrons. The van der Waals surface area contributed by atoms with Crippen LogP contribution in [-0.2, 0) is 10.8 Å². The first-order chi connectivity index (χ1) is 29.5. The highest BCUT2D eigenvalue weighted by molar-refractivity contribution is 5.87. The first-order valence-electron chi connectivity index (χ1n) is 21.1. The number of hydrogen-bond donors (Lipinski definition) is 2. The summed E-state index contributed by atoms with van der Waals surface area (Å²) < 4.78 is 13.3. The number of fused-ring (bicyclic) bond motifs is 6. The molecule has 8 aromatic carbocycles. The van der Waals surface area contributed by atoms with E-state index in [4.69, 9.17) is 9.47 Å². The molecule has 0 radical (unpaired) electrons. The summed E-state index contributed by atoms with van der Waals surface area (Å²) in [6, 6.07) is 67.5. The van der Waals surface area contributed by atoms with Crippen molar-refractivity contribution in [3.05, 3.63) is 239 Å². The summed E-state index contributed by atoms with van der Waals surface area (Å²) >= 11 is 0. The van der Waals surface area contributed by atoms with E-state index < -0.39 is 10.8 Å². The third-order valence-corrected chi connectivity index (χ3v) is 13.3. The molecule has 0 amide bonds. The van der Waals surface area contributed by atoms with Crippen molar-refractivity contribution < 1.29 is 19.7 Å². The molecule has 0 atom stereocenters. The molecule has 0 aliphatic heterocycles. The standard InChI is InChI=1S/C56H44O4/c57-41-25-17-37(18-26-41)55(51-13-5-1-9-47(51)48-10-2-6-14-52(48)55)39-21-29-43(30-22-39)59-45-33-35-46(36-34-45)60-44-31-23-40(24-32-44)56(38-19-27-42(58)28-20-38)53-15-7-3-11-49(53)50-12-4-8-16-54(50)56/h1-32,45-46,57-58H,33-36H2. The molecule has 2 N–H and O–H groups in total. The minimum absolute atomic E-state index is 0.115. The normalized spacial score (nSPS) is 17.8. The van der Waals surface area contributed by atoms with Gasteiger partial charge >= 0.3 is 0 Å². The number of benzene rings is 8. The number of phenolic OH excluding ortho intramolecular Hbond substituents is 2. The largest absolute Gasteiger partial charge is 0.508 e. The van der Waals surface area contributed by atoms with Crippen LogP contribution in [0.2, 0.25) is 0 Å². The van der Waals surface area contributed by atoms with Gasteiger partial charge in [0.15, 0.2) is 0 Å². The molecular formula is C56H44O4. The Morgan fingerprint density at radius 2 is 0.567 bits per heavy atom. The van der Waals surface area contributed by atoms with Gasteiger partial charge in [-0.1, -0.05) is 146 Å². The Morgan fingerprint density at radius 3 is 0.850 bits per heavy atom. The van der Waals surface area contributed by atoms with Crippen LogP contribution in [0.25, 0.3) is 22.3 Å². The average molecular weight is 781 g/mol. The minimum atomic E-state index is -0.523. The smallest absolute Gasteiger partial charge is 0.119 e. The lowest BCUT2D eigenvalue weighted by atomic mass is 9.68. The molecule has 3 aliphatic carbocycles. The zero-order valence-electron chi connectivity index (χ0n) is 33.2. The Hall–Kier alpha value is -7.04. The van der Waals surface area contributed by atoms with Gasteiger partial charge in [0.2, 0.25) is 0 Å². The van der Waals surface area contributed by atoms with Crippen LogP contribution in [0.15, 0.2) is 194 Å². The first kappa shape index (κ1) is 36.1. The molecule has 0 saturated heterocycles. The molecular weight excluding hydrogens is 737 g/mol. The maximum absolute atomic E-state index is 10.2. The van der Waals surface area contributed by atoms with Crippen LogP contribution in [0.3, 0.4) is 0 Å². The first-order valence-corrected chi connectivity index (χ1v) is 21.1. The molecule has 11 rings (SSSR count). The molecule has 60 heavy (non-hydrogen) atoms. The summed E-state index contributed by atoms with van der Waals surface area (Å²) in [6.45, 7) is 0. The lowest BCUT2D eigenvalue weighted by molar-refractivity contribution is 0.0806. The van der Waals surface area contributed by atoms with Crippen LogP contribution in [0.5, 0.6) is 23.0 Å². The van der Waals surface area contributed by atoms with Crippen molar-refractivity contribution in [2.24, 2.45) is 0 Å². The molecule has 0 unspecified atom stereocenters. The van der Waals surface area contributed by atoms with Crippen molar-refractivity contribution in [3.8, 4) is 45.3 Å². The molecule has 4 nitrogen and oxygen atoms in total. The second-order valence-corrected chi connectivity index (χ2v) is 16.5. The van der Waals surface area contributed by atoms with Crippen LogP contribution in [-0.4, -0.2) is 22.4 Å². The Morgan fingerprint density at radius 1 is 0.317 bits per heavy atom. The summed E-state index contributed by atoms with van der Waals surface area (Å²) in [5.74, 6) is 2.26. The third-order valence-electron chi connectivity index (χ3n) is 13.3. The van der Waals surface area contributed by atoms with E-state index in [1.165, 1.54) is 44.5 Å². The van der Waals surface area contributed by atoms with Crippen LogP contribution in [0.1, 0.15) is 70.2 Å². The monoisotopic (exact) mass is 780 g/mol. The van der Waals surface area contributed by atoms with Crippen molar-refractivity contribution in [1.29, 1.82) is 0 Å². The number of aromatic hydroxyl groups is 2. The highest BCUT2D eigenvalue weighted by Gasteiger charge is 2.47. The van der Waals surface area contributed by atoms with E-state index in [9.17, 15) is 10.2 Å². The number of hydrogen-bond acceptors (Lipinski definition) is 4. The maximum atomic E-state index is 10.2. The van der Waals surface area contributed by atoms with Crippen LogP contribution >= 0.6 is 0 Å². The fraction of sp³-hybridized carbons (Fsp3) is 0.143. The molecule has 4 heteroatoms. The number of ether oxygens (including phenoxy) is 2. The topological polar surface area (TPSA) is 58.9 Å². The van der Waals surface area contributed by atoms with Gasteiger partial charge in [-0.25, -0.2) is 0 Å². The van der Waals surface area contributed by atoms with Gasteiger partial charge < -0.3 is 19.7 Å². The fourth-order valence-electron chi connectivity index (χ4n) is 10.7. The summed E-state index contributed by atoms with van der Waals surface area (Å²) in [4.78, 5) is 0. The Kier molecular flexibility index (Phi) is 8.63. The van der Waals surface area contributed by atoms with Crippen molar-refractivity contribution in [1.82, 2.24) is 0 Å². The van der Waals surface area contributed by atoms with E-state index >= 15 is 0 Å². The highest BCUT2D eigenvalue weighted by atomic mass is 16.5. The zero-order valence-corrected chi connectivity index (χ0v) is 33.2. The predicted molar refractivity (Wildman–Crippen MR) is 238 cm³/mol. The van der Waals surface area contributed by atoms with Crippen LogP contribution < -0.4 is 9.47 Å². The van der Waals surface area contributed by atoms with Crippen molar-refractivity contribution in [3.63, 3.8) is 0 Å². The molecule has 3 aliphatic rings. The van der Waals surface area contributed by atoms with Crippen LogP contribution in [0.4, 0.5) is 0 Å². The van der Waals surface area contributed by atoms with E-state index in [-0.39, 0.29) is 23.7 Å². The average Bonchev–Trinajstić information content (AvgIpc) is 3.77. The summed E-state index contributed by atoms with van der Waals surface area (Å²) in [7, 11) is 0. The lowest BCUT2D eigenvalue weighted by Gasteiger charge is -2.34. The van der Waals surface area contributed by atoms with E-state index in [2.05, 4.69) is 170 Å². The van der Waals surface area contributed by atoms with E-state index in [1.807, 2.05) is 0 Å². The second-order valence-electron chi connectivity index (χ2n) is 16.5. The lowest BCUT2D eigenvalue weighted by Crippen LogP contribution is -2.30. The highest BCUT2D eigenvalue weighted by Crippen LogP contribution is 2.58. The zero-order chi connectivity index (χ0) is 40.3.